The molecule has 1 atom stereocenters. The molecule has 1 aromatic heterocycles. The molecule has 0 aliphatic rings. The number of aromatic nitrogens is 1. The minimum absolute atomic E-state index is 0.0105. The molecule has 4 heteroatoms. The average molecular weight is 254 g/mol. The number of rotatable bonds is 3. The van der Waals surface area contributed by atoms with Crippen molar-refractivity contribution in [3.63, 3.8) is 0 Å². The highest BCUT2D eigenvalue weighted by Gasteiger charge is 2.15. The van der Waals surface area contributed by atoms with Gasteiger partial charge in [-0.3, -0.25) is 4.98 Å². The van der Waals surface area contributed by atoms with Crippen molar-refractivity contribution in [2.45, 2.75) is 11.8 Å². The van der Waals surface area contributed by atoms with E-state index in [9.17, 15) is 8.78 Å². The van der Waals surface area contributed by atoms with Gasteiger partial charge in [-0.2, -0.15) is 0 Å². The van der Waals surface area contributed by atoms with E-state index in [0.717, 1.165) is 5.56 Å². The largest absolute Gasteiger partial charge is 0.264 e. The van der Waals surface area contributed by atoms with Crippen LogP contribution < -0.4 is 0 Å². The Morgan fingerprint density at radius 1 is 1.12 bits per heavy atom. The zero-order valence-corrected chi connectivity index (χ0v) is 9.66. The Kier molecular flexibility index (Phi) is 3.69. The quantitative estimate of drug-likeness (QED) is 0.757. The van der Waals surface area contributed by atoms with Crippen LogP contribution in [0, 0.1) is 11.6 Å². The molecule has 0 bridgehead atoms. The van der Waals surface area contributed by atoms with E-state index in [1.807, 2.05) is 0 Å². The van der Waals surface area contributed by atoms with Crippen LogP contribution in [0.4, 0.5) is 8.78 Å². The lowest BCUT2D eigenvalue weighted by Gasteiger charge is -2.10. The van der Waals surface area contributed by atoms with Gasteiger partial charge in [-0.15, -0.1) is 11.6 Å². The molecule has 0 spiro atoms. The fraction of sp³-hybridized carbons (Fsp3) is 0.154. The summed E-state index contributed by atoms with van der Waals surface area (Å²) in [4.78, 5) is 3.92. The summed E-state index contributed by atoms with van der Waals surface area (Å²) in [5.74, 6) is -1.14. The van der Waals surface area contributed by atoms with Crippen molar-refractivity contribution in [2.75, 3.05) is 0 Å². The Hall–Kier alpha value is -1.48. The molecular formula is C13H10ClF2N. The van der Waals surface area contributed by atoms with Crippen molar-refractivity contribution < 1.29 is 8.78 Å². The van der Waals surface area contributed by atoms with Gasteiger partial charge in [0.2, 0.25) is 0 Å². The molecular weight excluding hydrogens is 244 g/mol. The van der Waals surface area contributed by atoms with Crippen LogP contribution in [0.1, 0.15) is 16.5 Å². The van der Waals surface area contributed by atoms with Gasteiger partial charge in [0.1, 0.15) is 11.6 Å². The minimum Gasteiger partial charge on any atom is -0.264 e. The first-order valence-corrected chi connectivity index (χ1v) is 5.59. The van der Waals surface area contributed by atoms with Crippen LogP contribution in [-0.2, 0) is 6.42 Å². The second-order valence-corrected chi connectivity index (χ2v) is 4.19. The number of nitrogens with zero attached hydrogens (tertiary/aromatic N) is 1. The standard InChI is InChI=1S/C13H10ClF2N/c14-11(9-3-2-6-17-8-9)7-10-12(15)4-1-5-13(10)16/h1-6,8,11H,7H2. The number of hydrogen-bond donors (Lipinski definition) is 0. The number of halogens is 3. The smallest absolute Gasteiger partial charge is 0.129 e. The summed E-state index contributed by atoms with van der Waals surface area (Å²) in [5, 5.41) is -0.491. The van der Waals surface area contributed by atoms with Crippen LogP contribution in [0.2, 0.25) is 0 Å². The van der Waals surface area contributed by atoms with Crippen molar-refractivity contribution in [3.8, 4) is 0 Å². The molecule has 0 radical (unpaired) electrons. The van der Waals surface area contributed by atoms with Crippen molar-refractivity contribution >= 4 is 11.6 Å². The topological polar surface area (TPSA) is 12.9 Å². The van der Waals surface area contributed by atoms with Crippen LogP contribution in [-0.4, -0.2) is 4.98 Å². The van der Waals surface area contributed by atoms with Gasteiger partial charge in [-0.1, -0.05) is 12.1 Å². The van der Waals surface area contributed by atoms with E-state index in [0.29, 0.717) is 0 Å². The van der Waals surface area contributed by atoms with Crippen LogP contribution in [0.25, 0.3) is 0 Å². The van der Waals surface area contributed by atoms with Gasteiger partial charge in [0.15, 0.2) is 0 Å². The molecule has 0 fully saturated rings. The molecule has 0 saturated heterocycles. The molecule has 17 heavy (non-hydrogen) atoms. The molecule has 2 rings (SSSR count). The summed E-state index contributed by atoms with van der Waals surface area (Å²) in [6.45, 7) is 0. The summed E-state index contributed by atoms with van der Waals surface area (Å²) in [5.41, 5.74) is 0.758. The first kappa shape index (κ1) is 12.0. The molecule has 2 aromatic rings. The van der Waals surface area contributed by atoms with E-state index in [-0.39, 0.29) is 12.0 Å². The molecule has 0 saturated carbocycles. The van der Waals surface area contributed by atoms with E-state index in [2.05, 4.69) is 4.98 Å². The second-order valence-electron chi connectivity index (χ2n) is 3.66. The zero-order valence-electron chi connectivity index (χ0n) is 8.91. The molecule has 1 unspecified atom stereocenters. The highest BCUT2D eigenvalue weighted by Crippen LogP contribution is 2.26. The minimum atomic E-state index is -0.570. The zero-order chi connectivity index (χ0) is 12.3. The van der Waals surface area contributed by atoms with E-state index in [1.54, 1.807) is 24.5 Å². The Bertz CT molecular complexity index is 482. The van der Waals surface area contributed by atoms with Gasteiger partial charge in [0.25, 0.3) is 0 Å². The Balaban J connectivity index is 2.22. The van der Waals surface area contributed by atoms with E-state index in [4.69, 9.17) is 11.6 Å². The van der Waals surface area contributed by atoms with Gasteiger partial charge >= 0.3 is 0 Å². The van der Waals surface area contributed by atoms with Crippen molar-refractivity contribution in [2.24, 2.45) is 0 Å². The van der Waals surface area contributed by atoms with Crippen molar-refractivity contribution in [1.29, 1.82) is 0 Å². The molecule has 0 amide bonds. The lowest BCUT2D eigenvalue weighted by Crippen LogP contribution is -2.01. The van der Waals surface area contributed by atoms with Crippen LogP contribution >= 0.6 is 11.6 Å². The third kappa shape index (κ3) is 2.80. The highest BCUT2D eigenvalue weighted by molar-refractivity contribution is 6.20. The molecule has 1 heterocycles. The van der Waals surface area contributed by atoms with Gasteiger partial charge in [0, 0.05) is 18.0 Å². The summed E-state index contributed by atoms with van der Waals surface area (Å²) < 4.78 is 26.8. The lowest BCUT2D eigenvalue weighted by molar-refractivity contribution is 0.553. The number of alkyl halides is 1. The SMILES string of the molecule is Fc1cccc(F)c1CC(Cl)c1cccnc1. The second kappa shape index (κ2) is 5.23. The molecule has 0 N–H and O–H groups in total. The van der Waals surface area contributed by atoms with Gasteiger partial charge in [0.05, 0.1) is 5.38 Å². The summed E-state index contributed by atoms with van der Waals surface area (Å²) in [7, 11) is 0. The van der Waals surface area contributed by atoms with E-state index < -0.39 is 17.0 Å². The summed E-state index contributed by atoms with van der Waals surface area (Å²) >= 11 is 6.11. The maximum atomic E-state index is 13.4. The Morgan fingerprint density at radius 3 is 2.41 bits per heavy atom. The number of hydrogen-bond acceptors (Lipinski definition) is 1. The van der Waals surface area contributed by atoms with Crippen LogP contribution in [0.15, 0.2) is 42.7 Å². The monoisotopic (exact) mass is 253 g/mol. The van der Waals surface area contributed by atoms with Crippen LogP contribution in [0.5, 0.6) is 0 Å². The Labute approximate surface area is 103 Å². The lowest BCUT2D eigenvalue weighted by atomic mass is 10.0. The summed E-state index contributed by atoms with van der Waals surface area (Å²) in [6, 6.07) is 7.31. The number of benzene rings is 1. The van der Waals surface area contributed by atoms with Crippen LogP contribution in [0.3, 0.4) is 0 Å². The van der Waals surface area contributed by atoms with Gasteiger partial charge < -0.3 is 0 Å². The first-order chi connectivity index (χ1) is 8.18. The van der Waals surface area contributed by atoms with Crippen molar-refractivity contribution in [1.82, 2.24) is 4.98 Å². The normalized spacial score (nSPS) is 12.4. The predicted octanol–water partition coefficient (Wildman–Crippen LogP) is 3.88. The third-order valence-electron chi connectivity index (χ3n) is 2.49. The maximum absolute atomic E-state index is 13.4. The fourth-order valence-corrected chi connectivity index (χ4v) is 1.87. The van der Waals surface area contributed by atoms with Crippen molar-refractivity contribution in [3.05, 3.63) is 65.5 Å². The maximum Gasteiger partial charge on any atom is 0.129 e. The van der Waals surface area contributed by atoms with Gasteiger partial charge in [-0.05, 0) is 30.2 Å². The van der Waals surface area contributed by atoms with E-state index >= 15 is 0 Å². The molecule has 88 valence electrons. The van der Waals surface area contributed by atoms with E-state index in [1.165, 1.54) is 18.2 Å². The molecule has 0 aliphatic heterocycles. The molecule has 0 aliphatic carbocycles. The highest BCUT2D eigenvalue weighted by atomic mass is 35.5. The average Bonchev–Trinajstić information content (AvgIpc) is 2.35. The molecule has 1 aromatic carbocycles. The van der Waals surface area contributed by atoms with Gasteiger partial charge in [-0.25, -0.2) is 8.78 Å². The predicted molar refractivity (Wildman–Crippen MR) is 62.9 cm³/mol. The Morgan fingerprint density at radius 2 is 1.82 bits per heavy atom. The fourth-order valence-electron chi connectivity index (χ4n) is 1.59. The molecule has 1 nitrogen and oxygen atoms in total. The first-order valence-electron chi connectivity index (χ1n) is 5.15. The number of pyridine rings is 1. The summed E-state index contributed by atoms with van der Waals surface area (Å²) in [6.07, 6.45) is 3.32. The third-order valence-corrected chi connectivity index (χ3v) is 2.90.